The van der Waals surface area contributed by atoms with Crippen molar-refractivity contribution in [1.82, 2.24) is 5.32 Å². The van der Waals surface area contributed by atoms with E-state index >= 15 is 0 Å². The molecule has 0 aromatic heterocycles. The number of carbonyl (C=O) groups is 1. The third-order valence-corrected chi connectivity index (χ3v) is 11.1. The van der Waals surface area contributed by atoms with Crippen LogP contribution in [0.1, 0.15) is 99.3 Å². The third-order valence-electron chi connectivity index (χ3n) is 11.1. The summed E-state index contributed by atoms with van der Waals surface area (Å²) in [6.45, 7) is 13.5. The normalized spacial score (nSPS) is 49.2. The second-order valence-electron chi connectivity index (χ2n) is 13.2. The van der Waals surface area contributed by atoms with Gasteiger partial charge in [-0.15, -0.1) is 0 Å². The second kappa shape index (κ2) is 8.87. The molecule has 184 valence electrons. The van der Waals surface area contributed by atoms with Gasteiger partial charge in [0.25, 0.3) is 0 Å². The highest BCUT2D eigenvalue weighted by Gasteiger charge is 2.65. The topological polar surface area (TPSA) is 69.6 Å². The summed E-state index contributed by atoms with van der Waals surface area (Å²) < 4.78 is 0. The van der Waals surface area contributed by atoms with E-state index in [0.717, 1.165) is 38.0 Å². The van der Waals surface area contributed by atoms with Gasteiger partial charge in [0.05, 0.1) is 12.2 Å². The molecule has 0 saturated heterocycles. The van der Waals surface area contributed by atoms with E-state index in [4.69, 9.17) is 0 Å². The molecular weight excluding hydrogens is 398 g/mol. The van der Waals surface area contributed by atoms with Crippen molar-refractivity contribution in [2.24, 2.45) is 52.3 Å². The van der Waals surface area contributed by atoms with E-state index in [-0.39, 0.29) is 35.0 Å². The van der Waals surface area contributed by atoms with Gasteiger partial charge in [0.15, 0.2) is 0 Å². The van der Waals surface area contributed by atoms with Gasteiger partial charge in [-0.3, -0.25) is 4.79 Å². The van der Waals surface area contributed by atoms with Gasteiger partial charge in [0, 0.05) is 12.5 Å². The molecule has 1 amide bonds. The smallest absolute Gasteiger partial charge is 0.220 e. The predicted octanol–water partition coefficient (Wildman–Crippen LogP) is 5.16. The molecule has 0 unspecified atom stereocenters. The summed E-state index contributed by atoms with van der Waals surface area (Å²) in [6, 6.07) is 0.184. The molecule has 4 rings (SSSR count). The summed E-state index contributed by atoms with van der Waals surface area (Å²) in [6.07, 6.45) is 8.79. The Bertz CT molecular complexity index is 694. The van der Waals surface area contributed by atoms with Crippen molar-refractivity contribution in [3.05, 3.63) is 0 Å². The lowest BCUT2D eigenvalue weighted by Crippen LogP contribution is -2.62. The number of aliphatic hydroxyl groups is 2. The van der Waals surface area contributed by atoms with Crippen molar-refractivity contribution >= 4 is 5.91 Å². The van der Waals surface area contributed by atoms with Crippen LogP contribution in [0.2, 0.25) is 0 Å². The maximum atomic E-state index is 12.2. The van der Waals surface area contributed by atoms with E-state index in [9.17, 15) is 15.0 Å². The van der Waals surface area contributed by atoms with Gasteiger partial charge in [-0.2, -0.15) is 0 Å². The molecule has 0 aromatic carbocycles. The van der Waals surface area contributed by atoms with Crippen molar-refractivity contribution in [1.29, 1.82) is 0 Å². The maximum absolute atomic E-state index is 12.2. The van der Waals surface area contributed by atoms with Gasteiger partial charge in [-0.25, -0.2) is 0 Å². The fourth-order valence-corrected chi connectivity index (χ4v) is 9.32. The lowest BCUT2D eigenvalue weighted by Gasteiger charge is -2.63. The first-order valence-electron chi connectivity index (χ1n) is 13.6. The first-order valence-corrected chi connectivity index (χ1v) is 13.6. The van der Waals surface area contributed by atoms with E-state index in [1.54, 1.807) is 0 Å². The Morgan fingerprint density at radius 2 is 1.75 bits per heavy atom. The van der Waals surface area contributed by atoms with E-state index in [1.807, 2.05) is 13.8 Å². The van der Waals surface area contributed by atoms with E-state index < -0.39 is 0 Å². The van der Waals surface area contributed by atoms with Crippen LogP contribution in [-0.4, -0.2) is 34.4 Å². The summed E-state index contributed by atoms with van der Waals surface area (Å²) >= 11 is 0. The van der Waals surface area contributed by atoms with Crippen molar-refractivity contribution in [3.8, 4) is 0 Å². The molecule has 0 aliphatic heterocycles. The van der Waals surface area contributed by atoms with Crippen LogP contribution in [0.5, 0.6) is 0 Å². The highest BCUT2D eigenvalue weighted by atomic mass is 16.3. The molecule has 0 spiro atoms. The Balaban J connectivity index is 1.52. The number of hydrogen-bond acceptors (Lipinski definition) is 3. The molecule has 4 aliphatic rings. The highest BCUT2D eigenvalue weighted by Crippen LogP contribution is 2.68. The molecule has 0 radical (unpaired) electrons. The van der Waals surface area contributed by atoms with Crippen LogP contribution >= 0.6 is 0 Å². The summed E-state index contributed by atoms with van der Waals surface area (Å²) in [5, 5.41) is 26.1. The zero-order valence-corrected chi connectivity index (χ0v) is 21.4. The molecule has 0 bridgehead atoms. The standard InChI is InChI=1S/C28H49NO3/c1-16(2)29-25(32)10-7-18(4)20-8-9-21-26-22(15-24(31)28(20,21)6)27(5)12-11-17(3)13-19(27)14-23(26)30/h16-24,26,30-31H,7-15H2,1-6H3,(H,29,32)/t17-,18-,19+,20-,21+,22+,23-,24+,26+,27+,28-/m1/s1. The number of carbonyl (C=O) groups excluding carboxylic acids is 1. The second-order valence-corrected chi connectivity index (χ2v) is 13.2. The molecule has 4 fully saturated rings. The van der Waals surface area contributed by atoms with Gasteiger partial charge in [-0.05, 0) is 111 Å². The monoisotopic (exact) mass is 447 g/mol. The fourth-order valence-electron chi connectivity index (χ4n) is 9.32. The minimum Gasteiger partial charge on any atom is -0.393 e. The summed E-state index contributed by atoms with van der Waals surface area (Å²) in [7, 11) is 0. The van der Waals surface area contributed by atoms with Gasteiger partial charge >= 0.3 is 0 Å². The number of nitrogens with one attached hydrogen (secondary N) is 1. The average molecular weight is 448 g/mol. The van der Waals surface area contributed by atoms with Crippen molar-refractivity contribution < 1.29 is 15.0 Å². The summed E-state index contributed by atoms with van der Waals surface area (Å²) in [4.78, 5) is 12.2. The van der Waals surface area contributed by atoms with Crippen molar-refractivity contribution in [2.45, 2.75) is 118 Å². The fraction of sp³-hybridized carbons (Fsp3) is 0.964. The number of fused-ring (bicyclic) bond motifs is 5. The van der Waals surface area contributed by atoms with Crippen LogP contribution < -0.4 is 5.32 Å². The quantitative estimate of drug-likeness (QED) is 0.545. The Hall–Kier alpha value is -0.610. The van der Waals surface area contributed by atoms with E-state index in [0.29, 0.717) is 41.9 Å². The SMILES string of the molecule is CC(C)NC(=O)CC[C@@H](C)[C@H]1CC[C@H]2[C@@H]3[C@H](O)C[C@@H]4C[C@H](C)CC[C@]4(C)[C@H]3C[C@H](O)[C@]12C. The Morgan fingerprint density at radius 3 is 2.44 bits per heavy atom. The lowest BCUT2D eigenvalue weighted by molar-refractivity contribution is -0.203. The third kappa shape index (κ3) is 3.96. The lowest BCUT2D eigenvalue weighted by atomic mass is 9.42. The van der Waals surface area contributed by atoms with Crippen LogP contribution in [0.3, 0.4) is 0 Å². The molecule has 3 N–H and O–H groups in total. The number of rotatable bonds is 5. The largest absolute Gasteiger partial charge is 0.393 e. The summed E-state index contributed by atoms with van der Waals surface area (Å²) in [5.41, 5.74) is 0.137. The van der Waals surface area contributed by atoms with Crippen LogP contribution in [-0.2, 0) is 4.79 Å². The highest BCUT2D eigenvalue weighted by molar-refractivity contribution is 5.76. The van der Waals surface area contributed by atoms with Gasteiger partial charge in [0.1, 0.15) is 0 Å². The Kier molecular flexibility index (Phi) is 6.80. The van der Waals surface area contributed by atoms with Gasteiger partial charge < -0.3 is 15.5 Å². The van der Waals surface area contributed by atoms with Crippen molar-refractivity contribution in [2.75, 3.05) is 0 Å². The first kappa shape index (κ1) is 24.5. The molecule has 4 nitrogen and oxygen atoms in total. The van der Waals surface area contributed by atoms with Crippen LogP contribution in [0.25, 0.3) is 0 Å². The van der Waals surface area contributed by atoms with E-state index in [1.165, 1.54) is 19.3 Å². The molecule has 0 heterocycles. The molecule has 32 heavy (non-hydrogen) atoms. The summed E-state index contributed by atoms with van der Waals surface area (Å²) in [5.74, 6) is 3.54. The van der Waals surface area contributed by atoms with Gasteiger partial charge in [-0.1, -0.05) is 34.1 Å². The zero-order chi connectivity index (χ0) is 23.4. The van der Waals surface area contributed by atoms with Gasteiger partial charge in [0.2, 0.25) is 5.91 Å². The molecule has 4 saturated carbocycles. The average Bonchev–Trinajstić information content (AvgIpc) is 3.06. The predicted molar refractivity (Wildman–Crippen MR) is 129 cm³/mol. The number of amides is 1. The van der Waals surface area contributed by atoms with Crippen LogP contribution in [0, 0.1) is 52.3 Å². The van der Waals surface area contributed by atoms with E-state index in [2.05, 4.69) is 33.0 Å². The Morgan fingerprint density at radius 1 is 1.03 bits per heavy atom. The molecule has 4 heteroatoms. The van der Waals surface area contributed by atoms with Crippen LogP contribution in [0.4, 0.5) is 0 Å². The minimum atomic E-state index is -0.296. The molecular formula is C28H49NO3. The number of hydrogen-bond donors (Lipinski definition) is 3. The Labute approximate surface area is 196 Å². The minimum absolute atomic E-state index is 0.138. The molecule has 0 aromatic rings. The maximum Gasteiger partial charge on any atom is 0.220 e. The molecule has 4 aliphatic carbocycles. The van der Waals surface area contributed by atoms with Crippen molar-refractivity contribution in [3.63, 3.8) is 0 Å². The van der Waals surface area contributed by atoms with Crippen LogP contribution in [0.15, 0.2) is 0 Å². The first-order chi connectivity index (χ1) is 15.0. The zero-order valence-electron chi connectivity index (χ0n) is 21.4. The number of aliphatic hydroxyl groups excluding tert-OH is 2. The molecule has 11 atom stereocenters.